The van der Waals surface area contributed by atoms with Gasteiger partial charge in [0, 0.05) is 31.7 Å². The molecule has 1 amide bonds. The third kappa shape index (κ3) is 4.47. The minimum Gasteiger partial charge on any atom is -0.507 e. The number of phenols is 1. The van der Waals surface area contributed by atoms with Gasteiger partial charge in [-0.15, -0.1) is 0 Å². The molecule has 4 nitrogen and oxygen atoms in total. The Labute approximate surface area is 133 Å². The largest absolute Gasteiger partial charge is 0.507 e. The first-order valence-electron chi connectivity index (χ1n) is 6.33. The monoisotopic (exact) mass is 414 g/mol. The zero-order chi connectivity index (χ0) is 15.6. The van der Waals surface area contributed by atoms with Gasteiger partial charge in [-0.1, -0.05) is 0 Å². The van der Waals surface area contributed by atoms with E-state index in [2.05, 4.69) is 0 Å². The minimum absolute atomic E-state index is 0.0251. The highest BCUT2D eigenvalue weighted by atomic mass is 127. The SMILES string of the molecule is O=C(c1ccc(I)c(O)c1)N1CCN(CC(F)(F)F)CC1. The summed E-state index contributed by atoms with van der Waals surface area (Å²) in [6, 6.07) is 4.61. The predicted octanol–water partition coefficient (Wildman–Crippen LogP) is 2.32. The summed E-state index contributed by atoms with van der Waals surface area (Å²) in [6.45, 7) is -0.0497. The molecule has 0 atom stereocenters. The maximum Gasteiger partial charge on any atom is 0.401 e. The van der Waals surface area contributed by atoms with Crippen molar-refractivity contribution in [3.63, 3.8) is 0 Å². The average Bonchev–Trinajstić information content (AvgIpc) is 2.40. The topological polar surface area (TPSA) is 43.8 Å². The van der Waals surface area contributed by atoms with Gasteiger partial charge in [0.15, 0.2) is 0 Å². The number of alkyl halides is 3. The predicted molar refractivity (Wildman–Crippen MR) is 79.2 cm³/mol. The first-order valence-corrected chi connectivity index (χ1v) is 7.41. The van der Waals surface area contributed by atoms with E-state index in [1.807, 2.05) is 22.6 Å². The molecular formula is C13H14F3IN2O2. The summed E-state index contributed by atoms with van der Waals surface area (Å²) < 4.78 is 37.5. The average molecular weight is 414 g/mol. The Kier molecular flexibility index (Phi) is 4.97. The van der Waals surface area contributed by atoms with E-state index in [-0.39, 0.29) is 37.8 Å². The minimum atomic E-state index is -4.21. The Morgan fingerprint density at radius 1 is 1.24 bits per heavy atom. The van der Waals surface area contributed by atoms with Gasteiger partial charge in [0.25, 0.3) is 5.91 Å². The zero-order valence-corrected chi connectivity index (χ0v) is 13.2. The van der Waals surface area contributed by atoms with Crippen LogP contribution in [-0.4, -0.2) is 59.7 Å². The molecule has 1 aliphatic rings. The molecule has 0 bridgehead atoms. The summed E-state index contributed by atoms with van der Waals surface area (Å²) in [7, 11) is 0. The third-order valence-electron chi connectivity index (χ3n) is 3.26. The Bertz CT molecular complexity index is 529. The maximum atomic E-state index is 12.3. The van der Waals surface area contributed by atoms with Crippen LogP contribution in [0.25, 0.3) is 0 Å². The standard InChI is InChI=1S/C13H14F3IN2O2/c14-13(15,16)8-18-3-5-19(6-4-18)12(21)9-1-2-10(17)11(20)7-9/h1-2,7,20H,3-6,8H2. The molecule has 1 heterocycles. The number of hydrogen-bond donors (Lipinski definition) is 1. The molecule has 1 aromatic rings. The number of aromatic hydroxyl groups is 1. The van der Waals surface area contributed by atoms with Crippen molar-refractivity contribution in [1.82, 2.24) is 9.80 Å². The summed E-state index contributed by atoms with van der Waals surface area (Å²) >= 11 is 1.95. The molecule has 1 aromatic carbocycles. The summed E-state index contributed by atoms with van der Waals surface area (Å²) in [5, 5.41) is 9.61. The Morgan fingerprint density at radius 2 is 1.86 bits per heavy atom. The molecule has 0 spiro atoms. The van der Waals surface area contributed by atoms with Crippen molar-refractivity contribution in [2.24, 2.45) is 0 Å². The van der Waals surface area contributed by atoms with Gasteiger partial charge in [0.1, 0.15) is 5.75 Å². The van der Waals surface area contributed by atoms with E-state index in [9.17, 15) is 23.1 Å². The van der Waals surface area contributed by atoms with Crippen molar-refractivity contribution < 1.29 is 23.1 Å². The van der Waals surface area contributed by atoms with E-state index in [1.54, 1.807) is 12.1 Å². The highest BCUT2D eigenvalue weighted by molar-refractivity contribution is 14.1. The summed E-state index contributed by atoms with van der Waals surface area (Å²) in [6.07, 6.45) is -4.21. The molecule has 2 rings (SSSR count). The van der Waals surface area contributed by atoms with E-state index in [4.69, 9.17) is 0 Å². The molecule has 8 heteroatoms. The molecule has 1 fully saturated rings. The van der Waals surface area contributed by atoms with E-state index in [0.29, 0.717) is 9.13 Å². The van der Waals surface area contributed by atoms with Crippen LogP contribution < -0.4 is 0 Å². The number of carbonyl (C=O) groups excluding carboxylic acids is 1. The number of amides is 1. The Hall–Kier alpha value is -1.03. The number of piperazine rings is 1. The zero-order valence-electron chi connectivity index (χ0n) is 11.0. The third-order valence-corrected chi connectivity index (χ3v) is 4.17. The Morgan fingerprint density at radius 3 is 2.38 bits per heavy atom. The van der Waals surface area contributed by atoms with Gasteiger partial charge in [-0.2, -0.15) is 13.2 Å². The van der Waals surface area contributed by atoms with Gasteiger partial charge < -0.3 is 10.0 Å². The van der Waals surface area contributed by atoms with Gasteiger partial charge in [-0.3, -0.25) is 9.69 Å². The van der Waals surface area contributed by atoms with Crippen LogP contribution >= 0.6 is 22.6 Å². The molecule has 21 heavy (non-hydrogen) atoms. The van der Waals surface area contributed by atoms with E-state index < -0.39 is 12.7 Å². The molecule has 0 radical (unpaired) electrons. The molecule has 116 valence electrons. The van der Waals surface area contributed by atoms with Crippen LogP contribution in [0.2, 0.25) is 0 Å². The number of benzene rings is 1. The lowest BCUT2D eigenvalue weighted by atomic mass is 10.1. The lowest BCUT2D eigenvalue weighted by Crippen LogP contribution is -2.50. The van der Waals surface area contributed by atoms with Gasteiger partial charge in [0.05, 0.1) is 10.1 Å². The molecular weight excluding hydrogens is 400 g/mol. The van der Waals surface area contributed by atoms with Crippen molar-refractivity contribution in [2.45, 2.75) is 6.18 Å². The normalized spacial score (nSPS) is 17.0. The quantitative estimate of drug-likeness (QED) is 0.756. The van der Waals surface area contributed by atoms with E-state index in [1.165, 1.54) is 15.9 Å². The summed E-state index contributed by atoms with van der Waals surface area (Å²) in [5.74, 6) is -0.245. The number of halogens is 4. The van der Waals surface area contributed by atoms with Crippen LogP contribution in [0.3, 0.4) is 0 Å². The van der Waals surface area contributed by atoms with Crippen LogP contribution in [-0.2, 0) is 0 Å². The number of hydrogen-bond acceptors (Lipinski definition) is 3. The molecule has 1 N–H and O–H groups in total. The lowest BCUT2D eigenvalue weighted by Gasteiger charge is -2.35. The number of nitrogens with zero attached hydrogens (tertiary/aromatic N) is 2. The number of rotatable bonds is 2. The highest BCUT2D eigenvalue weighted by Crippen LogP contribution is 2.22. The first-order chi connectivity index (χ1) is 9.76. The van der Waals surface area contributed by atoms with Gasteiger partial charge >= 0.3 is 6.18 Å². The van der Waals surface area contributed by atoms with Crippen molar-refractivity contribution >= 4 is 28.5 Å². The van der Waals surface area contributed by atoms with Gasteiger partial charge in [-0.25, -0.2) is 0 Å². The second-order valence-corrected chi connectivity index (χ2v) is 6.01. The number of phenolic OH excluding ortho intramolecular Hbond substituents is 1. The van der Waals surface area contributed by atoms with Crippen LogP contribution in [0, 0.1) is 3.57 Å². The van der Waals surface area contributed by atoms with Gasteiger partial charge in [0.2, 0.25) is 0 Å². The fourth-order valence-corrected chi connectivity index (χ4v) is 2.53. The van der Waals surface area contributed by atoms with Crippen LogP contribution in [0.15, 0.2) is 18.2 Å². The second kappa shape index (κ2) is 6.39. The molecule has 0 saturated carbocycles. The molecule has 1 saturated heterocycles. The molecule has 0 aliphatic carbocycles. The van der Waals surface area contributed by atoms with Crippen LogP contribution in [0.5, 0.6) is 5.75 Å². The van der Waals surface area contributed by atoms with E-state index in [0.717, 1.165) is 0 Å². The van der Waals surface area contributed by atoms with Crippen molar-refractivity contribution in [1.29, 1.82) is 0 Å². The summed E-state index contributed by atoms with van der Waals surface area (Å²) in [4.78, 5) is 15.0. The second-order valence-electron chi connectivity index (χ2n) is 4.85. The summed E-state index contributed by atoms with van der Waals surface area (Å²) in [5.41, 5.74) is 0.345. The molecule has 0 aromatic heterocycles. The number of carbonyl (C=O) groups is 1. The lowest BCUT2D eigenvalue weighted by molar-refractivity contribution is -0.148. The van der Waals surface area contributed by atoms with Crippen LogP contribution in [0.1, 0.15) is 10.4 Å². The highest BCUT2D eigenvalue weighted by Gasteiger charge is 2.33. The fraction of sp³-hybridized carbons (Fsp3) is 0.462. The van der Waals surface area contributed by atoms with E-state index >= 15 is 0 Å². The Balaban J connectivity index is 1.95. The smallest absolute Gasteiger partial charge is 0.401 e. The van der Waals surface area contributed by atoms with Crippen molar-refractivity contribution in [3.8, 4) is 5.75 Å². The van der Waals surface area contributed by atoms with Gasteiger partial charge in [-0.05, 0) is 40.8 Å². The van der Waals surface area contributed by atoms with Crippen LogP contribution in [0.4, 0.5) is 13.2 Å². The maximum absolute atomic E-state index is 12.3. The molecule has 1 aliphatic heterocycles. The van der Waals surface area contributed by atoms with Crippen molar-refractivity contribution in [2.75, 3.05) is 32.7 Å². The fourth-order valence-electron chi connectivity index (χ4n) is 2.19. The first kappa shape index (κ1) is 16.3. The van der Waals surface area contributed by atoms with Crippen molar-refractivity contribution in [3.05, 3.63) is 27.3 Å². The molecule has 0 unspecified atom stereocenters.